The maximum atomic E-state index is 6.08. The lowest BCUT2D eigenvalue weighted by Crippen LogP contribution is -2.19. The van der Waals surface area contributed by atoms with Crippen LogP contribution in [0.2, 0.25) is 0 Å². The van der Waals surface area contributed by atoms with E-state index in [1.54, 1.807) is 25.4 Å². The summed E-state index contributed by atoms with van der Waals surface area (Å²) in [6.07, 6.45) is 2.53. The molecule has 0 unspecified atom stereocenters. The summed E-state index contributed by atoms with van der Waals surface area (Å²) < 4.78 is 15.9. The van der Waals surface area contributed by atoms with Gasteiger partial charge in [0.05, 0.1) is 26.3 Å². The van der Waals surface area contributed by atoms with E-state index in [0.717, 1.165) is 47.1 Å². The molecule has 6 nitrogen and oxygen atoms in total. The zero-order chi connectivity index (χ0) is 20.7. The molecule has 2 aromatic carbocycles. The standard InChI is InChI=1S/C23H24N4O2S/c1-15(2)27-23(24-14-25-27)26-13-19-18-12-16(17-6-4-5-7-20(17)28-3)8-9-21(18)29-11-10-22(19)30-26/h4-9,12,14-15H,10-11,13H2,1-3H3. The van der Waals surface area contributed by atoms with Crippen molar-refractivity contribution in [1.29, 1.82) is 0 Å². The van der Waals surface area contributed by atoms with Crippen molar-refractivity contribution in [3.63, 3.8) is 0 Å². The highest BCUT2D eigenvalue weighted by Gasteiger charge is 2.31. The lowest BCUT2D eigenvalue weighted by Gasteiger charge is -2.20. The van der Waals surface area contributed by atoms with Crippen LogP contribution in [0.4, 0.5) is 5.95 Å². The Kier molecular flexibility index (Phi) is 4.90. The molecule has 2 aliphatic heterocycles. The number of fused-ring (bicyclic) bond motifs is 2. The first-order valence-corrected chi connectivity index (χ1v) is 10.9. The summed E-state index contributed by atoms with van der Waals surface area (Å²) in [5.41, 5.74) is 4.66. The van der Waals surface area contributed by atoms with Gasteiger partial charge in [0.2, 0.25) is 5.95 Å². The van der Waals surface area contributed by atoms with Gasteiger partial charge in [0.15, 0.2) is 0 Å². The van der Waals surface area contributed by atoms with Crippen LogP contribution in [0, 0.1) is 0 Å². The molecule has 30 heavy (non-hydrogen) atoms. The number of para-hydroxylation sites is 1. The van der Waals surface area contributed by atoms with E-state index in [9.17, 15) is 0 Å². The molecule has 0 atom stereocenters. The molecule has 0 N–H and O–H groups in total. The predicted octanol–water partition coefficient (Wildman–Crippen LogP) is 5.20. The number of methoxy groups -OCH3 is 1. The molecule has 2 aliphatic rings. The SMILES string of the molecule is COc1ccccc1-c1ccc2c(c1)C1=C(CCO2)SN(c2ncnn2C(C)C)C1. The Bertz CT molecular complexity index is 1120. The van der Waals surface area contributed by atoms with Gasteiger partial charge < -0.3 is 9.47 Å². The molecule has 5 rings (SSSR count). The number of hydrogen-bond acceptors (Lipinski definition) is 6. The molecule has 0 bridgehead atoms. The fraction of sp³-hybridized carbons (Fsp3) is 0.304. The zero-order valence-corrected chi connectivity index (χ0v) is 18.1. The first kappa shape index (κ1) is 19.1. The van der Waals surface area contributed by atoms with Crippen LogP contribution in [0.3, 0.4) is 0 Å². The Morgan fingerprint density at radius 1 is 1.13 bits per heavy atom. The van der Waals surface area contributed by atoms with Crippen LogP contribution in [-0.2, 0) is 0 Å². The van der Waals surface area contributed by atoms with Gasteiger partial charge in [0, 0.05) is 22.5 Å². The van der Waals surface area contributed by atoms with Crippen LogP contribution in [0.5, 0.6) is 11.5 Å². The lowest BCUT2D eigenvalue weighted by molar-refractivity contribution is 0.326. The van der Waals surface area contributed by atoms with E-state index in [0.29, 0.717) is 6.61 Å². The fourth-order valence-corrected chi connectivity index (χ4v) is 5.11. The minimum Gasteiger partial charge on any atom is -0.496 e. The van der Waals surface area contributed by atoms with Crippen LogP contribution >= 0.6 is 11.9 Å². The smallest absolute Gasteiger partial charge is 0.234 e. The second-order valence-electron chi connectivity index (χ2n) is 7.64. The number of anilines is 1. The van der Waals surface area contributed by atoms with Crippen molar-refractivity contribution < 1.29 is 9.47 Å². The summed E-state index contributed by atoms with van der Waals surface area (Å²) in [4.78, 5) is 5.86. The highest BCUT2D eigenvalue weighted by Crippen LogP contribution is 2.47. The van der Waals surface area contributed by atoms with Crippen LogP contribution in [-0.4, -0.2) is 35.0 Å². The topological polar surface area (TPSA) is 52.4 Å². The molecule has 7 heteroatoms. The Hall–Kier alpha value is -2.93. The maximum absolute atomic E-state index is 6.08. The minimum absolute atomic E-state index is 0.260. The molecule has 0 radical (unpaired) electrons. The van der Waals surface area contributed by atoms with Crippen molar-refractivity contribution in [3.8, 4) is 22.6 Å². The van der Waals surface area contributed by atoms with Gasteiger partial charge in [-0.2, -0.15) is 10.1 Å². The van der Waals surface area contributed by atoms with Gasteiger partial charge in [0.1, 0.15) is 17.8 Å². The Balaban J connectivity index is 1.54. The molecule has 3 aromatic rings. The molecular formula is C23H24N4O2S. The summed E-state index contributed by atoms with van der Waals surface area (Å²) in [5.74, 6) is 2.70. The molecular weight excluding hydrogens is 396 g/mol. The van der Waals surface area contributed by atoms with Gasteiger partial charge in [-0.05, 0) is 55.1 Å². The largest absolute Gasteiger partial charge is 0.496 e. The second kappa shape index (κ2) is 7.72. The maximum Gasteiger partial charge on any atom is 0.234 e. The molecule has 0 amide bonds. The van der Waals surface area contributed by atoms with E-state index in [-0.39, 0.29) is 6.04 Å². The van der Waals surface area contributed by atoms with Gasteiger partial charge in [-0.3, -0.25) is 4.31 Å². The third-order valence-electron chi connectivity index (χ3n) is 5.43. The summed E-state index contributed by atoms with van der Waals surface area (Å²) in [6.45, 7) is 5.70. The average molecular weight is 421 g/mol. The van der Waals surface area contributed by atoms with Crippen molar-refractivity contribution >= 4 is 23.5 Å². The van der Waals surface area contributed by atoms with E-state index in [4.69, 9.17) is 9.47 Å². The first-order chi connectivity index (χ1) is 14.7. The third kappa shape index (κ3) is 3.23. The van der Waals surface area contributed by atoms with Crippen LogP contribution in [0.15, 0.2) is 53.7 Å². The number of rotatable bonds is 4. The third-order valence-corrected chi connectivity index (χ3v) is 6.62. The second-order valence-corrected chi connectivity index (χ2v) is 8.75. The van der Waals surface area contributed by atoms with Crippen molar-refractivity contribution in [2.24, 2.45) is 0 Å². The summed E-state index contributed by atoms with van der Waals surface area (Å²) in [5, 5.41) is 4.41. The van der Waals surface area contributed by atoms with E-state index in [1.165, 1.54) is 10.5 Å². The fourth-order valence-electron chi connectivity index (χ4n) is 3.98. The van der Waals surface area contributed by atoms with Gasteiger partial charge in [-0.25, -0.2) is 4.68 Å². The molecule has 0 saturated carbocycles. The number of aromatic nitrogens is 3. The minimum atomic E-state index is 0.260. The average Bonchev–Trinajstić information content (AvgIpc) is 3.38. The molecule has 154 valence electrons. The number of benzene rings is 2. The summed E-state index contributed by atoms with van der Waals surface area (Å²) in [7, 11) is 1.71. The van der Waals surface area contributed by atoms with Gasteiger partial charge >= 0.3 is 0 Å². The molecule has 0 spiro atoms. The summed E-state index contributed by atoms with van der Waals surface area (Å²) in [6, 6.07) is 14.8. The molecule has 1 aromatic heterocycles. The van der Waals surface area contributed by atoms with Crippen molar-refractivity contribution in [2.75, 3.05) is 24.6 Å². The summed E-state index contributed by atoms with van der Waals surface area (Å²) >= 11 is 1.76. The van der Waals surface area contributed by atoms with E-state index in [2.05, 4.69) is 52.5 Å². The molecule has 0 saturated heterocycles. The van der Waals surface area contributed by atoms with Crippen LogP contribution in [0.25, 0.3) is 16.7 Å². The van der Waals surface area contributed by atoms with Gasteiger partial charge in [-0.15, -0.1) is 0 Å². The van der Waals surface area contributed by atoms with Crippen molar-refractivity contribution in [3.05, 3.63) is 59.3 Å². The van der Waals surface area contributed by atoms with Crippen molar-refractivity contribution in [1.82, 2.24) is 14.8 Å². The Morgan fingerprint density at radius 3 is 2.83 bits per heavy atom. The molecule has 3 heterocycles. The van der Waals surface area contributed by atoms with E-state index in [1.807, 2.05) is 22.9 Å². The molecule has 0 aliphatic carbocycles. The predicted molar refractivity (Wildman–Crippen MR) is 121 cm³/mol. The normalized spacial score (nSPS) is 15.7. The first-order valence-electron chi connectivity index (χ1n) is 10.1. The number of nitrogens with zero attached hydrogens (tertiary/aromatic N) is 4. The van der Waals surface area contributed by atoms with Crippen molar-refractivity contribution in [2.45, 2.75) is 26.3 Å². The Morgan fingerprint density at radius 2 is 2.00 bits per heavy atom. The monoisotopic (exact) mass is 420 g/mol. The Labute approximate surface area is 180 Å². The number of ether oxygens (including phenoxy) is 2. The lowest BCUT2D eigenvalue weighted by atomic mass is 9.97. The quantitative estimate of drug-likeness (QED) is 0.541. The van der Waals surface area contributed by atoms with E-state index >= 15 is 0 Å². The zero-order valence-electron chi connectivity index (χ0n) is 17.3. The highest BCUT2D eigenvalue weighted by molar-refractivity contribution is 8.04. The van der Waals surface area contributed by atoms with Gasteiger partial charge in [0.25, 0.3) is 0 Å². The highest BCUT2D eigenvalue weighted by atomic mass is 32.2. The van der Waals surface area contributed by atoms with Gasteiger partial charge in [-0.1, -0.05) is 24.3 Å². The van der Waals surface area contributed by atoms with Crippen LogP contribution in [0.1, 0.15) is 31.9 Å². The van der Waals surface area contributed by atoms with Crippen LogP contribution < -0.4 is 13.8 Å². The molecule has 0 fully saturated rings. The number of hydrogen-bond donors (Lipinski definition) is 0. The van der Waals surface area contributed by atoms with E-state index < -0.39 is 0 Å².